The highest BCUT2D eigenvalue weighted by molar-refractivity contribution is 9.08. The van der Waals surface area contributed by atoms with Gasteiger partial charge in [-0.15, -0.1) is 0 Å². The van der Waals surface area contributed by atoms with E-state index in [-0.39, 0.29) is 22.2 Å². The lowest BCUT2D eigenvalue weighted by Gasteiger charge is -2.11. The number of carbonyl (C=O) groups is 1. The Morgan fingerprint density at radius 3 is 2.76 bits per heavy atom. The predicted octanol–water partition coefficient (Wildman–Crippen LogP) is 2.57. The van der Waals surface area contributed by atoms with Crippen LogP contribution in [0.3, 0.4) is 0 Å². The molecule has 1 rings (SSSR count). The van der Waals surface area contributed by atoms with Crippen LogP contribution in [0.15, 0.2) is 6.20 Å². The average Bonchev–Trinajstić information content (AvgIpc) is 2.35. The molecule has 17 heavy (non-hydrogen) atoms. The Morgan fingerprint density at radius 1 is 1.71 bits per heavy atom. The lowest BCUT2D eigenvalue weighted by molar-refractivity contribution is 0.0587. The summed E-state index contributed by atoms with van der Waals surface area (Å²) < 4.78 is 30.2. The van der Waals surface area contributed by atoms with Crippen molar-refractivity contribution < 1.29 is 18.3 Å². The number of alkyl halides is 3. The van der Waals surface area contributed by atoms with E-state index >= 15 is 0 Å². The summed E-state index contributed by atoms with van der Waals surface area (Å²) in [6.45, 7) is 0. The Balaban J connectivity index is 3.59. The maximum absolute atomic E-state index is 12.9. The molecule has 0 fully saturated rings. The van der Waals surface area contributed by atoms with Crippen LogP contribution in [0.5, 0.6) is 0 Å². The number of esters is 1. The van der Waals surface area contributed by atoms with Gasteiger partial charge in [0.05, 0.1) is 29.5 Å². The Hall–Kier alpha value is -1.55. The molecule has 0 aliphatic rings. The topological polar surface area (TPSA) is 63.0 Å². The molecule has 1 heterocycles. The van der Waals surface area contributed by atoms with Crippen LogP contribution in [0.25, 0.3) is 0 Å². The standard InChI is InChI=1S/C10H7BrF2N2O2/c1-17-10(16)8-6(2-11)15-4-5(3-14)7(8)9(12)13/h4,9H,2H2,1H3. The fraction of sp³-hybridized carbons (Fsp3) is 0.300. The van der Waals surface area contributed by atoms with Crippen LogP contribution < -0.4 is 0 Å². The van der Waals surface area contributed by atoms with Crippen molar-refractivity contribution in [3.05, 3.63) is 28.6 Å². The number of methoxy groups -OCH3 is 1. The smallest absolute Gasteiger partial charge is 0.340 e. The number of nitriles is 1. The second kappa shape index (κ2) is 5.68. The van der Waals surface area contributed by atoms with E-state index in [9.17, 15) is 13.6 Å². The first-order chi connectivity index (χ1) is 8.06. The van der Waals surface area contributed by atoms with Crippen molar-refractivity contribution in [1.82, 2.24) is 4.98 Å². The fourth-order valence-corrected chi connectivity index (χ4v) is 1.74. The molecule has 90 valence electrons. The van der Waals surface area contributed by atoms with E-state index in [0.29, 0.717) is 0 Å². The van der Waals surface area contributed by atoms with Gasteiger partial charge in [0.15, 0.2) is 0 Å². The van der Waals surface area contributed by atoms with Gasteiger partial charge in [-0.25, -0.2) is 13.6 Å². The summed E-state index contributed by atoms with van der Waals surface area (Å²) in [6, 6.07) is 1.58. The summed E-state index contributed by atoms with van der Waals surface area (Å²) in [4.78, 5) is 15.2. The molecule has 0 aliphatic carbocycles. The van der Waals surface area contributed by atoms with Gasteiger partial charge in [0.25, 0.3) is 6.43 Å². The van der Waals surface area contributed by atoms with Crippen LogP contribution in [0, 0.1) is 11.3 Å². The summed E-state index contributed by atoms with van der Waals surface area (Å²) in [6.07, 6.45) is -1.93. The van der Waals surface area contributed by atoms with Crippen LogP contribution in [0.4, 0.5) is 8.78 Å². The molecule has 4 nitrogen and oxygen atoms in total. The number of hydrogen-bond donors (Lipinski definition) is 0. The van der Waals surface area contributed by atoms with Crippen molar-refractivity contribution >= 4 is 21.9 Å². The summed E-state index contributed by atoms with van der Waals surface area (Å²) >= 11 is 3.04. The van der Waals surface area contributed by atoms with E-state index in [0.717, 1.165) is 13.3 Å². The SMILES string of the molecule is COC(=O)c1c(CBr)ncc(C#N)c1C(F)F. The number of aromatic nitrogens is 1. The van der Waals surface area contributed by atoms with Gasteiger partial charge in [-0.1, -0.05) is 15.9 Å². The molecule has 0 spiro atoms. The van der Waals surface area contributed by atoms with Gasteiger partial charge < -0.3 is 4.74 Å². The zero-order valence-electron chi connectivity index (χ0n) is 8.71. The van der Waals surface area contributed by atoms with Crippen molar-refractivity contribution in [3.63, 3.8) is 0 Å². The lowest BCUT2D eigenvalue weighted by Crippen LogP contribution is -2.13. The van der Waals surface area contributed by atoms with Gasteiger partial charge >= 0.3 is 5.97 Å². The highest BCUT2D eigenvalue weighted by atomic mass is 79.9. The van der Waals surface area contributed by atoms with Crippen molar-refractivity contribution in [2.24, 2.45) is 0 Å². The number of carbonyl (C=O) groups excluding carboxylic acids is 1. The van der Waals surface area contributed by atoms with Gasteiger partial charge in [-0.3, -0.25) is 4.98 Å². The first kappa shape index (κ1) is 13.5. The van der Waals surface area contributed by atoms with E-state index in [1.165, 1.54) is 0 Å². The first-order valence-corrected chi connectivity index (χ1v) is 5.53. The third-order valence-corrected chi connectivity index (χ3v) is 2.58. The maximum atomic E-state index is 12.9. The minimum absolute atomic E-state index is 0.114. The molecular weight excluding hydrogens is 298 g/mol. The molecule has 0 saturated carbocycles. The van der Waals surface area contributed by atoms with E-state index in [2.05, 4.69) is 25.7 Å². The number of nitrogens with zero attached hydrogens (tertiary/aromatic N) is 2. The molecule has 0 atom stereocenters. The molecule has 7 heteroatoms. The van der Waals surface area contributed by atoms with Crippen LogP contribution in [-0.2, 0) is 10.1 Å². The molecule has 0 aromatic carbocycles. The lowest BCUT2D eigenvalue weighted by atomic mass is 10.0. The van der Waals surface area contributed by atoms with Crippen molar-refractivity contribution in [3.8, 4) is 6.07 Å². The molecule has 0 radical (unpaired) electrons. The predicted molar refractivity (Wildman–Crippen MR) is 57.9 cm³/mol. The zero-order valence-corrected chi connectivity index (χ0v) is 10.3. The van der Waals surface area contributed by atoms with E-state index < -0.39 is 18.0 Å². The fourth-order valence-electron chi connectivity index (χ4n) is 1.31. The molecule has 0 amide bonds. The highest BCUT2D eigenvalue weighted by Gasteiger charge is 2.26. The van der Waals surface area contributed by atoms with Crippen LogP contribution in [0.1, 0.15) is 33.6 Å². The monoisotopic (exact) mass is 304 g/mol. The zero-order chi connectivity index (χ0) is 13.0. The maximum Gasteiger partial charge on any atom is 0.340 e. The Bertz CT molecular complexity index is 486. The van der Waals surface area contributed by atoms with Crippen molar-refractivity contribution in [2.45, 2.75) is 11.8 Å². The number of rotatable bonds is 3. The summed E-state index contributed by atoms with van der Waals surface area (Å²) in [5.74, 6) is -0.931. The third-order valence-electron chi connectivity index (χ3n) is 2.05. The summed E-state index contributed by atoms with van der Waals surface area (Å²) in [5, 5.41) is 8.84. The Labute approximate surface area is 104 Å². The molecule has 0 bridgehead atoms. The van der Waals surface area contributed by atoms with Crippen molar-refractivity contribution in [2.75, 3.05) is 7.11 Å². The molecule has 0 unspecified atom stereocenters. The average molecular weight is 305 g/mol. The van der Waals surface area contributed by atoms with Gasteiger partial charge in [-0.2, -0.15) is 5.26 Å². The van der Waals surface area contributed by atoms with Gasteiger partial charge in [0.2, 0.25) is 0 Å². The first-order valence-electron chi connectivity index (χ1n) is 4.41. The van der Waals surface area contributed by atoms with E-state index in [1.54, 1.807) is 6.07 Å². The molecule has 0 aliphatic heterocycles. The van der Waals surface area contributed by atoms with Crippen LogP contribution in [0.2, 0.25) is 0 Å². The highest BCUT2D eigenvalue weighted by Crippen LogP contribution is 2.29. The van der Waals surface area contributed by atoms with Gasteiger partial charge in [0.1, 0.15) is 6.07 Å². The third kappa shape index (κ3) is 2.58. The molecule has 0 N–H and O–H groups in total. The number of halogens is 3. The van der Waals surface area contributed by atoms with Gasteiger partial charge in [0, 0.05) is 11.5 Å². The normalized spacial score (nSPS) is 10.1. The molecule has 1 aromatic rings. The number of pyridine rings is 1. The summed E-state index contributed by atoms with van der Waals surface area (Å²) in [7, 11) is 1.08. The Morgan fingerprint density at radius 2 is 2.35 bits per heavy atom. The molecular formula is C10H7BrF2N2O2. The second-order valence-corrected chi connectivity index (χ2v) is 3.51. The summed E-state index contributed by atoms with van der Waals surface area (Å²) in [5.41, 5.74) is -1.20. The minimum atomic E-state index is -2.94. The van der Waals surface area contributed by atoms with E-state index in [1.807, 2.05) is 0 Å². The minimum Gasteiger partial charge on any atom is -0.465 e. The van der Waals surface area contributed by atoms with E-state index in [4.69, 9.17) is 5.26 Å². The molecule has 0 saturated heterocycles. The largest absolute Gasteiger partial charge is 0.465 e. The Kier molecular flexibility index (Phi) is 4.52. The van der Waals surface area contributed by atoms with Gasteiger partial charge in [-0.05, 0) is 0 Å². The van der Waals surface area contributed by atoms with Crippen LogP contribution in [-0.4, -0.2) is 18.1 Å². The van der Waals surface area contributed by atoms with Crippen LogP contribution >= 0.6 is 15.9 Å². The molecule has 1 aromatic heterocycles. The number of ether oxygens (including phenoxy) is 1. The quantitative estimate of drug-likeness (QED) is 0.636. The van der Waals surface area contributed by atoms with Crippen molar-refractivity contribution in [1.29, 1.82) is 5.26 Å². The second-order valence-electron chi connectivity index (χ2n) is 2.94. The number of hydrogen-bond acceptors (Lipinski definition) is 4.